The van der Waals surface area contributed by atoms with Gasteiger partial charge in [-0.05, 0) is 51.0 Å². The maximum atomic E-state index is 12.5. The second-order valence-electron chi connectivity index (χ2n) is 5.85. The third kappa shape index (κ3) is 2.73. The molecule has 0 bridgehead atoms. The number of benzene rings is 1. The Bertz CT molecular complexity index is 497. The number of hydrogen-bond acceptors (Lipinski definition) is 3. The summed E-state index contributed by atoms with van der Waals surface area (Å²) in [6.07, 6.45) is 1.23. The number of methoxy groups -OCH3 is 1. The van der Waals surface area contributed by atoms with E-state index in [9.17, 15) is 4.79 Å². The Morgan fingerprint density at radius 3 is 2.84 bits per heavy atom. The Morgan fingerprint density at radius 1 is 1.53 bits per heavy atom. The fourth-order valence-electron chi connectivity index (χ4n) is 2.55. The van der Waals surface area contributed by atoms with Crippen molar-refractivity contribution in [3.05, 3.63) is 23.8 Å². The van der Waals surface area contributed by atoms with Crippen molar-refractivity contribution >= 4 is 17.3 Å². The molecule has 1 atom stereocenters. The topological polar surface area (TPSA) is 55.6 Å². The Labute approximate surface area is 114 Å². The van der Waals surface area contributed by atoms with Crippen molar-refractivity contribution in [2.45, 2.75) is 45.3 Å². The standard InChI is InChI=1S/C15H22N2O2/c1-10-7-11-8-12(16)5-6-13(11)17(10)14(18)9-15(2,3)19-4/h5-6,8,10H,7,9,16H2,1-4H3. The zero-order valence-electron chi connectivity index (χ0n) is 12.1. The van der Waals surface area contributed by atoms with Gasteiger partial charge in [-0.3, -0.25) is 4.79 Å². The molecule has 19 heavy (non-hydrogen) atoms. The summed E-state index contributed by atoms with van der Waals surface area (Å²) in [6, 6.07) is 5.92. The molecule has 0 aliphatic carbocycles. The Balaban J connectivity index is 2.24. The van der Waals surface area contributed by atoms with Crippen molar-refractivity contribution in [1.82, 2.24) is 0 Å². The number of rotatable bonds is 3. The number of carbonyl (C=O) groups is 1. The molecule has 0 radical (unpaired) electrons. The lowest BCUT2D eigenvalue weighted by atomic mass is 10.0. The van der Waals surface area contributed by atoms with Crippen molar-refractivity contribution in [1.29, 1.82) is 0 Å². The highest BCUT2D eigenvalue weighted by Gasteiger charge is 2.33. The fourth-order valence-corrected chi connectivity index (χ4v) is 2.55. The van der Waals surface area contributed by atoms with Crippen LogP contribution in [0.2, 0.25) is 0 Å². The van der Waals surface area contributed by atoms with Crippen LogP contribution in [0, 0.1) is 0 Å². The number of fused-ring (bicyclic) bond motifs is 1. The molecule has 4 nitrogen and oxygen atoms in total. The first-order valence-corrected chi connectivity index (χ1v) is 6.59. The summed E-state index contributed by atoms with van der Waals surface area (Å²) in [5.74, 6) is 0.0999. The van der Waals surface area contributed by atoms with Crippen LogP contribution in [0.1, 0.15) is 32.8 Å². The third-order valence-electron chi connectivity index (χ3n) is 3.72. The van der Waals surface area contributed by atoms with Gasteiger partial charge in [-0.15, -0.1) is 0 Å². The maximum Gasteiger partial charge on any atom is 0.230 e. The van der Waals surface area contributed by atoms with E-state index in [1.165, 1.54) is 0 Å². The van der Waals surface area contributed by atoms with Gasteiger partial charge in [0.25, 0.3) is 0 Å². The minimum absolute atomic E-state index is 0.0999. The molecule has 4 heteroatoms. The molecule has 1 heterocycles. The average Bonchev–Trinajstić information content (AvgIpc) is 2.63. The number of ether oxygens (including phenoxy) is 1. The summed E-state index contributed by atoms with van der Waals surface area (Å²) in [5.41, 5.74) is 8.24. The van der Waals surface area contributed by atoms with E-state index in [1.54, 1.807) is 7.11 Å². The maximum absolute atomic E-state index is 12.5. The molecule has 0 aromatic heterocycles. The van der Waals surface area contributed by atoms with Gasteiger partial charge in [-0.25, -0.2) is 0 Å². The number of amides is 1. The van der Waals surface area contributed by atoms with Crippen LogP contribution in [-0.4, -0.2) is 24.7 Å². The van der Waals surface area contributed by atoms with Crippen LogP contribution in [0.5, 0.6) is 0 Å². The highest BCUT2D eigenvalue weighted by Crippen LogP contribution is 2.34. The normalized spacial score (nSPS) is 18.5. The fraction of sp³-hybridized carbons (Fsp3) is 0.533. The summed E-state index contributed by atoms with van der Waals surface area (Å²) in [4.78, 5) is 14.4. The summed E-state index contributed by atoms with van der Waals surface area (Å²) in [6.45, 7) is 5.92. The number of carbonyl (C=O) groups excluding carboxylic acids is 1. The lowest BCUT2D eigenvalue weighted by Crippen LogP contribution is -2.40. The summed E-state index contributed by atoms with van der Waals surface area (Å²) in [5, 5.41) is 0. The lowest BCUT2D eigenvalue weighted by Gasteiger charge is -2.28. The second kappa shape index (κ2) is 4.85. The van der Waals surface area contributed by atoms with Crippen LogP contribution in [0.3, 0.4) is 0 Å². The van der Waals surface area contributed by atoms with E-state index >= 15 is 0 Å². The quantitative estimate of drug-likeness (QED) is 0.851. The summed E-state index contributed by atoms with van der Waals surface area (Å²) >= 11 is 0. The number of nitrogen functional groups attached to an aromatic ring is 1. The highest BCUT2D eigenvalue weighted by atomic mass is 16.5. The van der Waals surface area contributed by atoms with Crippen LogP contribution in [0.4, 0.5) is 11.4 Å². The van der Waals surface area contributed by atoms with Crippen LogP contribution in [-0.2, 0) is 16.0 Å². The van der Waals surface area contributed by atoms with Gasteiger partial charge in [0.1, 0.15) is 0 Å². The largest absolute Gasteiger partial charge is 0.399 e. The van der Waals surface area contributed by atoms with Crippen LogP contribution in [0.25, 0.3) is 0 Å². The number of anilines is 2. The van der Waals surface area contributed by atoms with E-state index in [-0.39, 0.29) is 11.9 Å². The molecule has 104 valence electrons. The van der Waals surface area contributed by atoms with Crippen molar-refractivity contribution in [3.63, 3.8) is 0 Å². The van der Waals surface area contributed by atoms with Crippen molar-refractivity contribution in [2.75, 3.05) is 17.7 Å². The van der Waals surface area contributed by atoms with Gasteiger partial charge < -0.3 is 15.4 Å². The molecule has 2 rings (SSSR count). The van der Waals surface area contributed by atoms with Crippen molar-refractivity contribution < 1.29 is 9.53 Å². The Kier molecular flexibility index (Phi) is 3.54. The van der Waals surface area contributed by atoms with Gasteiger partial charge in [-0.1, -0.05) is 0 Å². The molecule has 1 aromatic rings. The minimum Gasteiger partial charge on any atom is -0.399 e. The van der Waals surface area contributed by atoms with E-state index in [1.807, 2.05) is 36.9 Å². The molecule has 0 saturated carbocycles. The summed E-state index contributed by atoms with van der Waals surface area (Å²) in [7, 11) is 1.63. The highest BCUT2D eigenvalue weighted by molar-refractivity contribution is 5.97. The number of nitrogens with two attached hydrogens (primary N) is 1. The van der Waals surface area contributed by atoms with E-state index < -0.39 is 5.60 Å². The molecule has 2 N–H and O–H groups in total. The smallest absolute Gasteiger partial charge is 0.230 e. The van der Waals surface area contributed by atoms with Gasteiger partial charge in [0.2, 0.25) is 5.91 Å². The SMILES string of the molecule is COC(C)(C)CC(=O)N1c2ccc(N)cc2CC1C. The molecule has 1 aliphatic heterocycles. The predicted molar refractivity (Wildman–Crippen MR) is 77.2 cm³/mol. The lowest BCUT2D eigenvalue weighted by molar-refractivity contribution is -0.123. The first-order chi connectivity index (χ1) is 8.84. The van der Waals surface area contributed by atoms with Gasteiger partial charge in [0.05, 0.1) is 12.0 Å². The molecule has 0 fully saturated rings. The average molecular weight is 262 g/mol. The second-order valence-corrected chi connectivity index (χ2v) is 5.85. The van der Waals surface area contributed by atoms with Gasteiger partial charge in [0.15, 0.2) is 0 Å². The zero-order chi connectivity index (χ0) is 14.2. The number of hydrogen-bond donors (Lipinski definition) is 1. The summed E-state index contributed by atoms with van der Waals surface area (Å²) < 4.78 is 5.34. The van der Waals surface area contributed by atoms with Crippen LogP contribution in [0.15, 0.2) is 18.2 Å². The van der Waals surface area contributed by atoms with E-state index in [0.717, 1.165) is 23.4 Å². The molecule has 0 spiro atoms. The molecule has 1 unspecified atom stereocenters. The first kappa shape index (κ1) is 13.9. The molecule has 1 aliphatic rings. The first-order valence-electron chi connectivity index (χ1n) is 6.59. The van der Waals surface area contributed by atoms with Crippen LogP contribution >= 0.6 is 0 Å². The van der Waals surface area contributed by atoms with E-state index in [2.05, 4.69) is 6.92 Å². The molecular formula is C15H22N2O2. The van der Waals surface area contributed by atoms with E-state index in [4.69, 9.17) is 10.5 Å². The predicted octanol–water partition coefficient (Wildman–Crippen LogP) is 2.36. The number of nitrogens with zero attached hydrogens (tertiary/aromatic N) is 1. The third-order valence-corrected chi connectivity index (χ3v) is 3.72. The monoisotopic (exact) mass is 262 g/mol. The molecule has 1 amide bonds. The minimum atomic E-state index is -0.437. The van der Waals surface area contributed by atoms with Crippen molar-refractivity contribution in [2.24, 2.45) is 0 Å². The molecule has 1 aromatic carbocycles. The van der Waals surface area contributed by atoms with Gasteiger partial charge in [0, 0.05) is 24.5 Å². The Hall–Kier alpha value is -1.55. The van der Waals surface area contributed by atoms with Gasteiger partial charge >= 0.3 is 0 Å². The van der Waals surface area contributed by atoms with Gasteiger partial charge in [-0.2, -0.15) is 0 Å². The Morgan fingerprint density at radius 2 is 2.21 bits per heavy atom. The van der Waals surface area contributed by atoms with Crippen molar-refractivity contribution in [3.8, 4) is 0 Å². The molecule has 0 saturated heterocycles. The van der Waals surface area contributed by atoms with Crippen LogP contribution < -0.4 is 10.6 Å². The zero-order valence-corrected chi connectivity index (χ0v) is 12.1. The van der Waals surface area contributed by atoms with E-state index in [0.29, 0.717) is 6.42 Å². The molecular weight excluding hydrogens is 240 g/mol.